The number of carbonyl (C=O) groups is 3. The summed E-state index contributed by atoms with van der Waals surface area (Å²) in [6.45, 7) is 6.27. The van der Waals surface area contributed by atoms with Crippen LogP contribution >= 0.6 is 0 Å². The van der Waals surface area contributed by atoms with Crippen molar-refractivity contribution < 1.29 is 38.4 Å². The van der Waals surface area contributed by atoms with Gasteiger partial charge in [-0.3, -0.25) is 19.0 Å². The van der Waals surface area contributed by atoms with Crippen LogP contribution in [0.4, 0.5) is 5.82 Å². The Morgan fingerprint density at radius 2 is 0.857 bits per heavy atom. The number of aliphatic hydroxyl groups is 1. The van der Waals surface area contributed by atoms with Crippen molar-refractivity contribution in [3.63, 3.8) is 0 Å². The van der Waals surface area contributed by atoms with Gasteiger partial charge in [0.15, 0.2) is 12.3 Å². The summed E-state index contributed by atoms with van der Waals surface area (Å²) in [6, 6.07) is 0. The third-order valence-corrected chi connectivity index (χ3v) is 14.2. The Morgan fingerprint density at radius 1 is 0.529 bits per heavy atom. The van der Waals surface area contributed by atoms with E-state index in [0.29, 0.717) is 12.8 Å². The van der Waals surface area contributed by atoms with E-state index in [1.54, 1.807) is 0 Å². The highest BCUT2D eigenvalue weighted by molar-refractivity contribution is 5.70. The number of carbonyl (C=O) groups excluding carboxylic acids is 3. The molecule has 1 aliphatic rings. The highest BCUT2D eigenvalue weighted by atomic mass is 16.6. The molecule has 2 rings (SSSR count). The second-order valence-corrected chi connectivity index (χ2v) is 20.7. The molecular formula is C58H105N3O9. The molecule has 0 radical (unpaired) electrons. The summed E-state index contributed by atoms with van der Waals surface area (Å²) in [5, 5.41) is 11.6. The maximum atomic E-state index is 13.2. The van der Waals surface area contributed by atoms with Gasteiger partial charge in [0.2, 0.25) is 0 Å². The highest BCUT2D eigenvalue weighted by Gasteiger charge is 2.48. The van der Waals surface area contributed by atoms with E-state index in [1.807, 2.05) is 0 Å². The second-order valence-electron chi connectivity index (χ2n) is 20.7. The molecule has 0 spiro atoms. The van der Waals surface area contributed by atoms with E-state index < -0.39 is 42.2 Å². The molecule has 1 fully saturated rings. The standard InChI is InChI=1S/C58H105N3O9/c1-4-7-10-13-16-19-22-25-28-31-34-37-40-43-51(62)67-47-49-46-61(58(66)60-56(49)59)57-54(65)55(70-53(64)45-42-39-36-33-30-27-24-21-18-15-12-9-6-3)50(69-57)48-68-52(63)44-41-38-35-32-29-26-23-20-17-14-11-8-5-2/h46,50,54-55,57,65H,4-45,47-48H2,1-3H3,(H2,59,60,66)/t50-,54+,55-,57-/m1/s1. The first-order valence-electron chi connectivity index (χ1n) is 29.4. The first-order chi connectivity index (χ1) is 34.2. The summed E-state index contributed by atoms with van der Waals surface area (Å²) in [7, 11) is 0. The van der Waals surface area contributed by atoms with Crippen LogP contribution in [0.25, 0.3) is 0 Å². The van der Waals surface area contributed by atoms with Gasteiger partial charge in [-0.15, -0.1) is 0 Å². The molecule has 1 aliphatic heterocycles. The molecular weight excluding hydrogens is 883 g/mol. The quantitative estimate of drug-likeness (QED) is 0.0362. The summed E-state index contributed by atoms with van der Waals surface area (Å²) in [4.78, 5) is 56.0. The van der Waals surface area contributed by atoms with Gasteiger partial charge in [0.05, 0.1) is 0 Å². The van der Waals surface area contributed by atoms with Gasteiger partial charge >= 0.3 is 23.6 Å². The van der Waals surface area contributed by atoms with E-state index in [1.165, 1.54) is 186 Å². The lowest BCUT2D eigenvalue weighted by molar-refractivity contribution is -0.160. The molecule has 0 bridgehead atoms. The van der Waals surface area contributed by atoms with Gasteiger partial charge in [-0.1, -0.05) is 252 Å². The first kappa shape index (κ1) is 63.1. The molecule has 4 atom stereocenters. The number of hydrogen-bond donors (Lipinski definition) is 2. The Hall–Kier alpha value is -2.99. The van der Waals surface area contributed by atoms with Crippen molar-refractivity contribution in [1.29, 1.82) is 0 Å². The number of ether oxygens (including phenoxy) is 4. The third kappa shape index (κ3) is 31.5. The molecule has 2 heterocycles. The minimum Gasteiger partial charge on any atom is -0.463 e. The SMILES string of the molecule is CCCCCCCCCCCCCCCC(=O)OCc1cn([C@@H]2O[C@H](COC(=O)CCCCCCCCCCCCCCC)[C@@H](OC(=O)CCCCCCCCCCCCCCC)[C@@H]2O)c(=O)nc1N. The van der Waals surface area contributed by atoms with E-state index in [0.717, 1.165) is 62.4 Å². The van der Waals surface area contributed by atoms with Gasteiger partial charge in [0.25, 0.3) is 0 Å². The van der Waals surface area contributed by atoms with Crippen LogP contribution in [-0.4, -0.2) is 57.5 Å². The van der Waals surface area contributed by atoms with Gasteiger partial charge in [-0.05, 0) is 19.3 Å². The van der Waals surface area contributed by atoms with Crippen LogP contribution in [-0.2, 0) is 39.9 Å². The van der Waals surface area contributed by atoms with E-state index in [9.17, 15) is 24.3 Å². The average molecular weight is 988 g/mol. The summed E-state index contributed by atoms with van der Waals surface area (Å²) in [6.07, 6.45) is 43.9. The number of nitrogen functional groups attached to an aromatic ring is 1. The maximum absolute atomic E-state index is 13.2. The second kappa shape index (κ2) is 43.6. The Labute approximate surface area is 426 Å². The van der Waals surface area contributed by atoms with Crippen molar-refractivity contribution in [2.45, 2.75) is 322 Å². The molecule has 0 aromatic carbocycles. The Balaban J connectivity index is 1.87. The topological polar surface area (TPSA) is 169 Å². The predicted octanol–water partition coefficient (Wildman–Crippen LogP) is 15.0. The molecule has 1 aromatic heterocycles. The predicted molar refractivity (Wildman–Crippen MR) is 284 cm³/mol. The number of aliphatic hydroxyl groups excluding tert-OH is 1. The molecule has 3 N–H and O–H groups in total. The van der Waals surface area contributed by atoms with Crippen LogP contribution in [0.15, 0.2) is 11.0 Å². The van der Waals surface area contributed by atoms with Gasteiger partial charge in [0, 0.05) is 31.0 Å². The fourth-order valence-corrected chi connectivity index (χ4v) is 9.59. The van der Waals surface area contributed by atoms with Crippen LogP contribution < -0.4 is 11.4 Å². The Bertz CT molecular complexity index is 1500. The molecule has 1 saturated heterocycles. The summed E-state index contributed by atoms with van der Waals surface area (Å²) in [5.41, 5.74) is 5.61. The van der Waals surface area contributed by atoms with E-state index >= 15 is 0 Å². The number of anilines is 1. The van der Waals surface area contributed by atoms with Gasteiger partial charge < -0.3 is 29.8 Å². The maximum Gasteiger partial charge on any atom is 0.351 e. The van der Waals surface area contributed by atoms with Crippen molar-refractivity contribution in [3.8, 4) is 0 Å². The fraction of sp³-hybridized carbons (Fsp3) is 0.879. The smallest absolute Gasteiger partial charge is 0.351 e. The monoisotopic (exact) mass is 988 g/mol. The number of hydrogen-bond acceptors (Lipinski definition) is 11. The van der Waals surface area contributed by atoms with Crippen LogP contribution in [0.1, 0.15) is 302 Å². The lowest BCUT2D eigenvalue weighted by Crippen LogP contribution is -2.40. The zero-order valence-corrected chi connectivity index (χ0v) is 45.2. The van der Waals surface area contributed by atoms with Gasteiger partial charge in [0.1, 0.15) is 31.2 Å². The van der Waals surface area contributed by atoms with Crippen LogP contribution in [0, 0.1) is 0 Å². The first-order valence-corrected chi connectivity index (χ1v) is 29.4. The minimum absolute atomic E-state index is 0.0954. The van der Waals surface area contributed by atoms with Crippen molar-refractivity contribution in [3.05, 3.63) is 22.2 Å². The van der Waals surface area contributed by atoms with Crippen molar-refractivity contribution in [1.82, 2.24) is 9.55 Å². The van der Waals surface area contributed by atoms with E-state index in [-0.39, 0.29) is 49.8 Å². The molecule has 12 nitrogen and oxygen atoms in total. The van der Waals surface area contributed by atoms with E-state index in [4.69, 9.17) is 24.7 Å². The third-order valence-electron chi connectivity index (χ3n) is 14.2. The van der Waals surface area contributed by atoms with Crippen molar-refractivity contribution in [2.24, 2.45) is 0 Å². The highest BCUT2D eigenvalue weighted by Crippen LogP contribution is 2.32. The molecule has 0 aliphatic carbocycles. The summed E-state index contributed by atoms with van der Waals surface area (Å²) in [5.74, 6) is -1.34. The molecule has 406 valence electrons. The lowest BCUT2D eigenvalue weighted by Gasteiger charge is -2.21. The largest absolute Gasteiger partial charge is 0.463 e. The number of esters is 3. The number of unbranched alkanes of at least 4 members (excludes halogenated alkanes) is 36. The summed E-state index contributed by atoms with van der Waals surface area (Å²) < 4.78 is 24.3. The fourth-order valence-electron chi connectivity index (χ4n) is 9.59. The van der Waals surface area contributed by atoms with Crippen molar-refractivity contribution >= 4 is 23.7 Å². The average Bonchev–Trinajstić information content (AvgIpc) is 3.65. The Kier molecular flexibility index (Phi) is 39.3. The number of aromatic nitrogens is 2. The molecule has 0 saturated carbocycles. The van der Waals surface area contributed by atoms with Gasteiger partial charge in [-0.2, -0.15) is 4.98 Å². The lowest BCUT2D eigenvalue weighted by atomic mass is 10.0. The van der Waals surface area contributed by atoms with Crippen LogP contribution in [0.5, 0.6) is 0 Å². The normalized spacial score (nSPS) is 16.7. The zero-order valence-electron chi connectivity index (χ0n) is 45.2. The summed E-state index contributed by atoms with van der Waals surface area (Å²) >= 11 is 0. The molecule has 1 aromatic rings. The Morgan fingerprint density at radius 3 is 1.23 bits per heavy atom. The van der Waals surface area contributed by atoms with Crippen LogP contribution in [0.2, 0.25) is 0 Å². The molecule has 70 heavy (non-hydrogen) atoms. The van der Waals surface area contributed by atoms with Crippen LogP contribution in [0.3, 0.4) is 0 Å². The number of nitrogens with two attached hydrogens (primary N) is 1. The number of nitrogens with zero attached hydrogens (tertiary/aromatic N) is 2. The van der Waals surface area contributed by atoms with Gasteiger partial charge in [-0.25, -0.2) is 4.79 Å². The zero-order chi connectivity index (χ0) is 50.7. The molecule has 0 amide bonds. The molecule has 0 unspecified atom stereocenters. The number of rotatable bonds is 48. The minimum atomic E-state index is -1.48. The molecule has 12 heteroatoms. The van der Waals surface area contributed by atoms with Crippen molar-refractivity contribution in [2.75, 3.05) is 12.3 Å². The van der Waals surface area contributed by atoms with E-state index in [2.05, 4.69) is 25.8 Å².